The zero-order valence-electron chi connectivity index (χ0n) is 9.59. The van der Waals surface area contributed by atoms with Crippen LogP contribution in [0.4, 0.5) is 0 Å². The summed E-state index contributed by atoms with van der Waals surface area (Å²) in [6, 6.07) is -0.120. The predicted octanol–water partition coefficient (Wildman–Crippen LogP) is 0.0829. The summed E-state index contributed by atoms with van der Waals surface area (Å²) in [7, 11) is 0. The van der Waals surface area contributed by atoms with E-state index in [1.54, 1.807) is 0 Å². The first kappa shape index (κ1) is 11.5. The van der Waals surface area contributed by atoms with Crippen molar-refractivity contribution in [3.63, 3.8) is 0 Å². The molecule has 5 nitrogen and oxygen atoms in total. The summed E-state index contributed by atoms with van der Waals surface area (Å²) in [6.45, 7) is 2.35. The molecule has 3 unspecified atom stereocenters. The molecule has 1 aliphatic carbocycles. The Bertz CT molecular complexity index is 316. The molecule has 0 aromatic carbocycles. The standard InChI is InChI=1S/C11H19N3O2/c1-7-8(5-6-12)11(16)14(13-7)9-3-2-4-10(9)15/h8-10,15H,2-6,12H2,1H3. The Morgan fingerprint density at radius 1 is 1.56 bits per heavy atom. The molecular weight excluding hydrogens is 206 g/mol. The number of nitrogens with zero attached hydrogens (tertiary/aromatic N) is 2. The molecule has 0 aromatic rings. The van der Waals surface area contributed by atoms with E-state index in [4.69, 9.17) is 5.73 Å². The largest absolute Gasteiger partial charge is 0.391 e. The van der Waals surface area contributed by atoms with Crippen LogP contribution in [0.1, 0.15) is 32.6 Å². The SMILES string of the molecule is CC1=NN(C2CCCC2O)C(=O)C1CCN. The molecular formula is C11H19N3O2. The molecule has 0 radical (unpaired) electrons. The van der Waals surface area contributed by atoms with Crippen LogP contribution in [-0.4, -0.2) is 40.4 Å². The van der Waals surface area contributed by atoms with Gasteiger partial charge in [-0.1, -0.05) is 0 Å². The molecule has 3 N–H and O–H groups in total. The van der Waals surface area contributed by atoms with Crippen molar-refractivity contribution in [2.75, 3.05) is 6.54 Å². The maximum atomic E-state index is 12.1. The molecule has 0 aromatic heterocycles. The van der Waals surface area contributed by atoms with E-state index in [0.29, 0.717) is 13.0 Å². The van der Waals surface area contributed by atoms with Gasteiger partial charge in [0.25, 0.3) is 5.91 Å². The molecule has 3 atom stereocenters. The van der Waals surface area contributed by atoms with Gasteiger partial charge in [-0.25, -0.2) is 5.01 Å². The summed E-state index contributed by atoms with van der Waals surface area (Å²) in [5.41, 5.74) is 6.31. The van der Waals surface area contributed by atoms with Crippen LogP contribution in [0.15, 0.2) is 5.10 Å². The lowest BCUT2D eigenvalue weighted by Gasteiger charge is -2.23. The van der Waals surface area contributed by atoms with Crippen molar-refractivity contribution < 1.29 is 9.90 Å². The third kappa shape index (κ3) is 1.85. The van der Waals surface area contributed by atoms with Crippen LogP contribution >= 0.6 is 0 Å². The second-order valence-corrected chi connectivity index (χ2v) is 4.62. The Balaban J connectivity index is 2.10. The third-order valence-corrected chi connectivity index (χ3v) is 3.51. The molecule has 2 aliphatic rings. The van der Waals surface area contributed by atoms with Crippen LogP contribution in [0.25, 0.3) is 0 Å². The van der Waals surface area contributed by atoms with E-state index >= 15 is 0 Å². The molecule has 16 heavy (non-hydrogen) atoms. The van der Waals surface area contributed by atoms with Gasteiger partial charge in [0.2, 0.25) is 0 Å². The molecule has 1 heterocycles. The van der Waals surface area contributed by atoms with Crippen molar-refractivity contribution in [2.24, 2.45) is 16.8 Å². The van der Waals surface area contributed by atoms with Gasteiger partial charge in [-0.2, -0.15) is 5.10 Å². The van der Waals surface area contributed by atoms with Crippen molar-refractivity contribution in [1.29, 1.82) is 0 Å². The topological polar surface area (TPSA) is 78.9 Å². The summed E-state index contributed by atoms with van der Waals surface area (Å²) in [4.78, 5) is 12.1. The lowest BCUT2D eigenvalue weighted by Crippen LogP contribution is -2.40. The second kappa shape index (κ2) is 4.51. The Kier molecular flexibility index (Phi) is 3.25. The number of amides is 1. The monoisotopic (exact) mass is 225 g/mol. The number of aliphatic hydroxyl groups is 1. The maximum absolute atomic E-state index is 12.1. The number of hydrazone groups is 1. The Hall–Kier alpha value is -0.940. The Morgan fingerprint density at radius 2 is 2.31 bits per heavy atom. The van der Waals surface area contributed by atoms with Crippen LogP contribution in [-0.2, 0) is 4.79 Å². The minimum atomic E-state index is -0.419. The minimum Gasteiger partial charge on any atom is -0.391 e. The van der Waals surface area contributed by atoms with E-state index in [2.05, 4.69) is 5.10 Å². The highest BCUT2D eigenvalue weighted by molar-refractivity contribution is 6.07. The molecule has 90 valence electrons. The number of carbonyl (C=O) groups excluding carboxylic acids is 1. The van der Waals surface area contributed by atoms with Crippen molar-refractivity contribution in [3.05, 3.63) is 0 Å². The van der Waals surface area contributed by atoms with E-state index < -0.39 is 6.10 Å². The number of nitrogens with two attached hydrogens (primary N) is 1. The fourth-order valence-corrected chi connectivity index (χ4v) is 2.57. The normalized spacial score (nSPS) is 34.7. The van der Waals surface area contributed by atoms with E-state index in [-0.39, 0.29) is 17.9 Å². The number of carbonyl (C=O) groups is 1. The molecule has 1 amide bonds. The van der Waals surface area contributed by atoms with Gasteiger partial charge in [-0.05, 0) is 39.2 Å². The fraction of sp³-hybridized carbons (Fsp3) is 0.818. The minimum absolute atomic E-state index is 0.00824. The van der Waals surface area contributed by atoms with Crippen molar-refractivity contribution in [1.82, 2.24) is 5.01 Å². The fourth-order valence-electron chi connectivity index (χ4n) is 2.57. The van der Waals surface area contributed by atoms with Gasteiger partial charge in [0.1, 0.15) is 0 Å². The quantitative estimate of drug-likeness (QED) is 0.714. The van der Waals surface area contributed by atoms with Gasteiger partial charge in [0, 0.05) is 5.71 Å². The van der Waals surface area contributed by atoms with Gasteiger partial charge in [-0.3, -0.25) is 4.79 Å². The van der Waals surface area contributed by atoms with Crippen LogP contribution in [0.5, 0.6) is 0 Å². The van der Waals surface area contributed by atoms with Gasteiger partial charge in [0.15, 0.2) is 0 Å². The Labute approximate surface area is 95.3 Å². The Morgan fingerprint density at radius 3 is 2.88 bits per heavy atom. The lowest BCUT2D eigenvalue weighted by atomic mass is 10.0. The van der Waals surface area contributed by atoms with Crippen molar-refractivity contribution in [3.8, 4) is 0 Å². The zero-order valence-corrected chi connectivity index (χ0v) is 9.59. The summed E-state index contributed by atoms with van der Waals surface area (Å²) < 4.78 is 0. The molecule has 0 saturated heterocycles. The third-order valence-electron chi connectivity index (χ3n) is 3.51. The van der Waals surface area contributed by atoms with Crippen molar-refractivity contribution in [2.45, 2.75) is 44.8 Å². The average molecular weight is 225 g/mol. The zero-order chi connectivity index (χ0) is 11.7. The van der Waals surface area contributed by atoms with Crippen LogP contribution in [0.2, 0.25) is 0 Å². The molecule has 2 rings (SSSR count). The average Bonchev–Trinajstić information content (AvgIpc) is 2.77. The predicted molar refractivity (Wildman–Crippen MR) is 60.8 cm³/mol. The van der Waals surface area contributed by atoms with Gasteiger partial charge in [0.05, 0.1) is 18.1 Å². The van der Waals surface area contributed by atoms with Crippen molar-refractivity contribution >= 4 is 11.6 Å². The van der Waals surface area contributed by atoms with Gasteiger partial charge in [-0.15, -0.1) is 0 Å². The van der Waals surface area contributed by atoms with Crippen LogP contribution in [0.3, 0.4) is 0 Å². The lowest BCUT2D eigenvalue weighted by molar-refractivity contribution is -0.135. The molecule has 1 fully saturated rings. The molecule has 0 bridgehead atoms. The second-order valence-electron chi connectivity index (χ2n) is 4.62. The molecule has 5 heteroatoms. The smallest absolute Gasteiger partial charge is 0.251 e. The van der Waals surface area contributed by atoms with E-state index in [0.717, 1.165) is 25.0 Å². The van der Waals surface area contributed by atoms with Gasteiger partial charge < -0.3 is 10.8 Å². The summed E-state index contributed by atoms with van der Waals surface area (Å²) in [6.07, 6.45) is 2.81. The molecule has 1 saturated carbocycles. The maximum Gasteiger partial charge on any atom is 0.251 e. The number of rotatable bonds is 3. The van der Waals surface area contributed by atoms with Crippen LogP contribution < -0.4 is 5.73 Å². The number of hydrogen-bond donors (Lipinski definition) is 2. The first-order valence-electron chi connectivity index (χ1n) is 5.91. The molecule has 1 aliphatic heterocycles. The number of aliphatic hydroxyl groups excluding tert-OH is 1. The first-order valence-corrected chi connectivity index (χ1v) is 5.91. The summed E-state index contributed by atoms with van der Waals surface area (Å²) in [5, 5.41) is 15.6. The molecule has 0 spiro atoms. The van der Waals surface area contributed by atoms with Gasteiger partial charge >= 0.3 is 0 Å². The van der Waals surface area contributed by atoms with Crippen LogP contribution in [0, 0.1) is 5.92 Å². The summed E-state index contributed by atoms with van der Waals surface area (Å²) in [5.74, 6) is -0.160. The highest BCUT2D eigenvalue weighted by Gasteiger charge is 2.41. The van der Waals surface area contributed by atoms with E-state index in [1.165, 1.54) is 5.01 Å². The summed E-state index contributed by atoms with van der Waals surface area (Å²) >= 11 is 0. The highest BCUT2D eigenvalue weighted by atomic mass is 16.3. The highest BCUT2D eigenvalue weighted by Crippen LogP contribution is 2.29. The van der Waals surface area contributed by atoms with E-state index in [9.17, 15) is 9.90 Å². The first-order chi connectivity index (χ1) is 7.65. The van der Waals surface area contributed by atoms with E-state index in [1.807, 2.05) is 6.92 Å². The number of hydrogen-bond acceptors (Lipinski definition) is 4.